The zero-order chi connectivity index (χ0) is 44.2. The average molecular weight is 854 g/mol. The molecule has 0 aliphatic heterocycles. The molecule has 0 heterocycles. The van der Waals surface area contributed by atoms with Crippen molar-refractivity contribution in [2.75, 3.05) is 47.5 Å². The first-order valence-electron chi connectivity index (χ1n) is 25.7. The number of unbranched alkanes of at least 4 members (excludes halogenated alkanes) is 33. The summed E-state index contributed by atoms with van der Waals surface area (Å²) in [6.45, 7) is 4.76. The van der Waals surface area contributed by atoms with E-state index in [4.69, 9.17) is 18.9 Å². The van der Waals surface area contributed by atoms with Crippen LogP contribution in [0.1, 0.15) is 251 Å². The molecule has 0 bridgehead atoms. The molecule has 60 heavy (non-hydrogen) atoms. The molecule has 0 aromatic carbocycles. The number of carbonyl (C=O) groups is 3. The van der Waals surface area contributed by atoms with Crippen LogP contribution in [0.5, 0.6) is 0 Å². The Labute approximate surface area is 371 Å². The van der Waals surface area contributed by atoms with Gasteiger partial charge in [-0.15, -0.1) is 0 Å². The number of rotatable bonds is 48. The molecule has 9 heteroatoms. The average Bonchev–Trinajstić information content (AvgIpc) is 3.21. The Morgan fingerprint density at radius 1 is 0.433 bits per heavy atom. The van der Waals surface area contributed by atoms with E-state index in [1.807, 2.05) is 21.1 Å². The molecule has 0 saturated heterocycles. The largest absolute Gasteiger partial charge is 0.545 e. The Bertz CT molecular complexity index is 954. The number of carbonyl (C=O) groups excluding carboxylic acids is 3. The molecule has 356 valence electrons. The highest BCUT2D eigenvalue weighted by atomic mass is 16.7. The monoisotopic (exact) mass is 854 g/mol. The molecular formula is C51H99NO8. The van der Waals surface area contributed by atoms with Crippen molar-refractivity contribution in [3.8, 4) is 0 Å². The fourth-order valence-corrected chi connectivity index (χ4v) is 7.60. The lowest BCUT2D eigenvalue weighted by atomic mass is 10.0. The Balaban J connectivity index is 4.10. The maximum Gasteiger partial charge on any atom is 0.306 e. The minimum Gasteiger partial charge on any atom is -0.545 e. The van der Waals surface area contributed by atoms with Gasteiger partial charge in [-0.1, -0.05) is 226 Å². The van der Waals surface area contributed by atoms with Crippen LogP contribution in [0.2, 0.25) is 0 Å². The van der Waals surface area contributed by atoms with Gasteiger partial charge in [0.25, 0.3) is 0 Å². The normalized spacial score (nSPS) is 12.8. The molecule has 0 aliphatic rings. The fraction of sp³-hybridized carbons (Fsp3) is 0.941. The van der Waals surface area contributed by atoms with Crippen LogP contribution < -0.4 is 5.11 Å². The number of nitrogens with zero attached hydrogens (tertiary/aromatic N) is 1. The smallest absolute Gasteiger partial charge is 0.306 e. The Hall–Kier alpha value is -1.71. The third kappa shape index (κ3) is 44.3. The molecule has 0 spiro atoms. The highest BCUT2D eigenvalue weighted by Crippen LogP contribution is 2.17. The van der Waals surface area contributed by atoms with Gasteiger partial charge in [-0.3, -0.25) is 9.59 Å². The molecule has 0 saturated carbocycles. The standard InChI is InChI=1S/C51H99NO8/c1-6-8-10-12-14-16-17-18-19-20-21-22-23-24-25-26-27-28-29-30-31-32-34-36-38-40-42-49(54)60-47(46-59-51(50(55)56)57-44-43-52(3,4)5)45-58-48(53)41-39-37-35-33-15-13-11-9-7-2/h47,51H,6-46H2,1-5H3. The minimum absolute atomic E-state index is 0.153. The van der Waals surface area contributed by atoms with Gasteiger partial charge in [0.15, 0.2) is 12.4 Å². The van der Waals surface area contributed by atoms with Crippen LogP contribution in [-0.4, -0.2) is 82.3 Å². The SMILES string of the molecule is CCCCCCCCCCCCCCCCCCCCCCCCCCCCC(=O)OC(COC(=O)CCCCCCCCCCC)COC(OCC[N+](C)(C)C)C(=O)[O-]. The van der Waals surface area contributed by atoms with Crippen molar-refractivity contribution < 1.29 is 42.9 Å². The zero-order valence-electron chi connectivity index (χ0n) is 40.4. The maximum absolute atomic E-state index is 12.8. The van der Waals surface area contributed by atoms with Crippen LogP contribution in [0.4, 0.5) is 0 Å². The van der Waals surface area contributed by atoms with E-state index in [-0.39, 0.29) is 32.2 Å². The van der Waals surface area contributed by atoms with Crippen molar-refractivity contribution in [1.82, 2.24) is 0 Å². The zero-order valence-corrected chi connectivity index (χ0v) is 40.4. The van der Waals surface area contributed by atoms with Crippen molar-refractivity contribution in [3.63, 3.8) is 0 Å². The van der Waals surface area contributed by atoms with Gasteiger partial charge < -0.3 is 33.3 Å². The van der Waals surface area contributed by atoms with E-state index < -0.39 is 24.3 Å². The summed E-state index contributed by atoms with van der Waals surface area (Å²) < 4.78 is 22.6. The maximum atomic E-state index is 12.8. The van der Waals surface area contributed by atoms with Gasteiger partial charge in [-0.25, -0.2) is 0 Å². The van der Waals surface area contributed by atoms with E-state index in [1.165, 1.54) is 186 Å². The van der Waals surface area contributed by atoms with Gasteiger partial charge in [-0.05, 0) is 12.8 Å². The molecule has 0 aromatic rings. The molecule has 0 N–H and O–H groups in total. The lowest BCUT2D eigenvalue weighted by molar-refractivity contribution is -0.870. The van der Waals surface area contributed by atoms with Crippen molar-refractivity contribution in [2.24, 2.45) is 0 Å². The molecule has 2 atom stereocenters. The summed E-state index contributed by atoms with van der Waals surface area (Å²) in [5, 5.41) is 11.7. The lowest BCUT2D eigenvalue weighted by Gasteiger charge is -2.26. The number of quaternary nitrogens is 1. The summed E-state index contributed by atoms with van der Waals surface area (Å²) in [5.74, 6) is -2.27. The van der Waals surface area contributed by atoms with Gasteiger partial charge in [0.1, 0.15) is 13.2 Å². The third-order valence-electron chi connectivity index (χ3n) is 11.6. The molecule has 0 radical (unpaired) electrons. The summed E-state index contributed by atoms with van der Waals surface area (Å²) in [4.78, 5) is 36.9. The van der Waals surface area contributed by atoms with Crippen LogP contribution >= 0.6 is 0 Å². The number of aliphatic carboxylic acids is 1. The lowest BCUT2D eigenvalue weighted by Crippen LogP contribution is -2.44. The quantitative estimate of drug-likeness (QED) is 0.0257. The third-order valence-corrected chi connectivity index (χ3v) is 11.6. The first-order chi connectivity index (χ1) is 29.1. The molecule has 0 aromatic heterocycles. The summed E-state index contributed by atoms with van der Waals surface area (Å²) in [6, 6.07) is 0. The summed E-state index contributed by atoms with van der Waals surface area (Å²) in [6.07, 6.45) is 43.1. The molecular weight excluding hydrogens is 755 g/mol. The molecule has 0 amide bonds. The first-order valence-corrected chi connectivity index (χ1v) is 25.7. The Morgan fingerprint density at radius 2 is 0.750 bits per heavy atom. The van der Waals surface area contributed by atoms with Crippen LogP contribution in [-0.2, 0) is 33.3 Å². The molecule has 0 rings (SSSR count). The second kappa shape index (κ2) is 43.9. The van der Waals surface area contributed by atoms with Crippen LogP contribution in [0.3, 0.4) is 0 Å². The van der Waals surface area contributed by atoms with Gasteiger partial charge in [0, 0.05) is 12.8 Å². The Morgan fingerprint density at radius 3 is 1.07 bits per heavy atom. The van der Waals surface area contributed by atoms with Crippen molar-refractivity contribution in [1.29, 1.82) is 0 Å². The van der Waals surface area contributed by atoms with Crippen molar-refractivity contribution in [2.45, 2.75) is 264 Å². The van der Waals surface area contributed by atoms with Crippen LogP contribution in [0.25, 0.3) is 0 Å². The van der Waals surface area contributed by atoms with Crippen molar-refractivity contribution >= 4 is 17.9 Å². The van der Waals surface area contributed by atoms with E-state index in [1.54, 1.807) is 0 Å². The number of ether oxygens (including phenoxy) is 4. The minimum atomic E-state index is -1.61. The number of hydrogen-bond donors (Lipinski definition) is 0. The highest BCUT2D eigenvalue weighted by molar-refractivity contribution is 5.70. The number of carboxylic acid groups (broad SMARTS) is 1. The molecule has 2 unspecified atom stereocenters. The van der Waals surface area contributed by atoms with E-state index in [9.17, 15) is 19.5 Å². The number of esters is 2. The van der Waals surface area contributed by atoms with E-state index in [0.717, 1.165) is 38.5 Å². The van der Waals surface area contributed by atoms with Gasteiger partial charge in [-0.2, -0.15) is 0 Å². The predicted octanol–water partition coefficient (Wildman–Crippen LogP) is 12.7. The van der Waals surface area contributed by atoms with E-state index >= 15 is 0 Å². The van der Waals surface area contributed by atoms with Crippen LogP contribution in [0.15, 0.2) is 0 Å². The fourth-order valence-electron chi connectivity index (χ4n) is 7.60. The first kappa shape index (κ1) is 58.3. The number of likely N-dealkylation sites (N-methyl/N-ethyl adjacent to an activating group) is 1. The topological polar surface area (TPSA) is 111 Å². The highest BCUT2D eigenvalue weighted by Gasteiger charge is 2.22. The summed E-state index contributed by atoms with van der Waals surface area (Å²) in [5.41, 5.74) is 0. The van der Waals surface area contributed by atoms with E-state index in [0.29, 0.717) is 17.4 Å². The number of carboxylic acids is 1. The Kier molecular flexibility index (Phi) is 42.7. The van der Waals surface area contributed by atoms with E-state index in [2.05, 4.69) is 13.8 Å². The van der Waals surface area contributed by atoms with Gasteiger partial charge >= 0.3 is 11.9 Å². The summed E-state index contributed by atoms with van der Waals surface area (Å²) in [7, 11) is 5.92. The summed E-state index contributed by atoms with van der Waals surface area (Å²) >= 11 is 0. The van der Waals surface area contributed by atoms with Gasteiger partial charge in [0.2, 0.25) is 0 Å². The second-order valence-corrected chi connectivity index (χ2v) is 18.8. The molecule has 9 nitrogen and oxygen atoms in total. The molecule has 0 aliphatic carbocycles. The second-order valence-electron chi connectivity index (χ2n) is 18.8. The van der Waals surface area contributed by atoms with Crippen molar-refractivity contribution in [3.05, 3.63) is 0 Å². The number of hydrogen-bond acceptors (Lipinski definition) is 8. The van der Waals surface area contributed by atoms with Gasteiger partial charge in [0.05, 0.1) is 40.3 Å². The van der Waals surface area contributed by atoms with Crippen LogP contribution in [0, 0.1) is 0 Å². The predicted molar refractivity (Wildman–Crippen MR) is 247 cm³/mol. The molecule has 0 fully saturated rings.